The second-order valence-electron chi connectivity index (χ2n) is 6.16. The molecule has 1 unspecified atom stereocenters. The third-order valence-corrected chi connectivity index (χ3v) is 4.41. The number of aromatic nitrogens is 1. The fourth-order valence-corrected chi connectivity index (χ4v) is 3.08. The Kier molecular flexibility index (Phi) is 5.21. The highest BCUT2D eigenvalue weighted by atomic mass is 35.5. The average Bonchev–Trinajstić information content (AvgIpc) is 2.98. The number of hydrogen-bond donors (Lipinski definition) is 2. The molecular formula is C20H21ClN2O. The first kappa shape index (κ1) is 16.6. The topological polar surface area (TPSA) is 44.9 Å². The Morgan fingerprint density at radius 1 is 1.17 bits per heavy atom. The quantitative estimate of drug-likeness (QED) is 0.681. The van der Waals surface area contributed by atoms with Crippen LogP contribution >= 0.6 is 11.6 Å². The van der Waals surface area contributed by atoms with Crippen molar-refractivity contribution in [3.8, 4) is 0 Å². The molecule has 0 fully saturated rings. The summed E-state index contributed by atoms with van der Waals surface area (Å²) in [6.07, 6.45) is 4.03. The zero-order valence-corrected chi connectivity index (χ0v) is 14.4. The minimum Gasteiger partial charge on any atom is -0.361 e. The van der Waals surface area contributed by atoms with Gasteiger partial charge in [0.05, 0.1) is 0 Å². The lowest BCUT2D eigenvalue weighted by Crippen LogP contribution is -2.34. The number of halogens is 1. The Bertz CT molecular complexity index is 823. The van der Waals surface area contributed by atoms with Gasteiger partial charge in [-0.3, -0.25) is 4.79 Å². The summed E-state index contributed by atoms with van der Waals surface area (Å²) in [6.45, 7) is 2.03. The van der Waals surface area contributed by atoms with Crippen LogP contribution < -0.4 is 5.32 Å². The van der Waals surface area contributed by atoms with Crippen LogP contribution in [-0.2, 0) is 17.6 Å². The average molecular weight is 341 g/mol. The molecule has 24 heavy (non-hydrogen) atoms. The molecule has 0 aliphatic rings. The molecular weight excluding hydrogens is 320 g/mol. The number of fused-ring (bicyclic) bond motifs is 1. The molecule has 3 rings (SSSR count). The summed E-state index contributed by atoms with van der Waals surface area (Å²) >= 11 is 5.89. The zero-order valence-electron chi connectivity index (χ0n) is 13.7. The standard InChI is InChI=1S/C20H21ClN2O/c1-14(12-15-6-9-17(21)10-7-15)23-20(24)11-8-16-13-22-19-5-3-2-4-18(16)19/h2-7,9-10,13-14,22H,8,11-12H2,1H3,(H,23,24). The van der Waals surface area contributed by atoms with Gasteiger partial charge in [0.1, 0.15) is 0 Å². The van der Waals surface area contributed by atoms with E-state index in [1.165, 1.54) is 16.5 Å². The van der Waals surface area contributed by atoms with Crippen molar-refractivity contribution in [3.63, 3.8) is 0 Å². The van der Waals surface area contributed by atoms with Crippen molar-refractivity contribution < 1.29 is 4.79 Å². The Balaban J connectivity index is 1.51. The van der Waals surface area contributed by atoms with Crippen LogP contribution in [0.4, 0.5) is 0 Å². The van der Waals surface area contributed by atoms with E-state index in [0.29, 0.717) is 6.42 Å². The molecule has 0 aliphatic heterocycles. The number of carbonyl (C=O) groups is 1. The monoisotopic (exact) mass is 340 g/mol. The van der Waals surface area contributed by atoms with Crippen LogP contribution in [0.5, 0.6) is 0 Å². The highest BCUT2D eigenvalue weighted by Gasteiger charge is 2.10. The Morgan fingerprint density at radius 3 is 2.71 bits per heavy atom. The highest BCUT2D eigenvalue weighted by molar-refractivity contribution is 6.30. The molecule has 0 spiro atoms. The zero-order chi connectivity index (χ0) is 16.9. The van der Waals surface area contributed by atoms with E-state index in [1.54, 1.807) is 0 Å². The maximum absolute atomic E-state index is 12.2. The number of benzene rings is 2. The third-order valence-electron chi connectivity index (χ3n) is 4.16. The van der Waals surface area contributed by atoms with Crippen molar-refractivity contribution in [2.24, 2.45) is 0 Å². The second kappa shape index (κ2) is 7.54. The van der Waals surface area contributed by atoms with E-state index < -0.39 is 0 Å². The summed E-state index contributed by atoms with van der Waals surface area (Å²) in [5.74, 6) is 0.0849. The normalized spacial score (nSPS) is 12.2. The van der Waals surface area contributed by atoms with Gasteiger partial charge in [-0.15, -0.1) is 0 Å². The molecule has 0 bridgehead atoms. The first-order chi connectivity index (χ1) is 11.6. The molecule has 2 N–H and O–H groups in total. The van der Waals surface area contributed by atoms with Gasteiger partial charge in [-0.2, -0.15) is 0 Å². The molecule has 0 saturated heterocycles. The van der Waals surface area contributed by atoms with Crippen LogP contribution in [-0.4, -0.2) is 16.9 Å². The van der Waals surface area contributed by atoms with Crippen molar-refractivity contribution in [1.29, 1.82) is 0 Å². The Morgan fingerprint density at radius 2 is 1.92 bits per heavy atom. The van der Waals surface area contributed by atoms with Crippen molar-refractivity contribution in [1.82, 2.24) is 10.3 Å². The highest BCUT2D eigenvalue weighted by Crippen LogP contribution is 2.19. The lowest BCUT2D eigenvalue weighted by molar-refractivity contribution is -0.121. The number of carbonyl (C=O) groups excluding carboxylic acids is 1. The number of amides is 1. The molecule has 2 aromatic carbocycles. The number of rotatable bonds is 6. The maximum Gasteiger partial charge on any atom is 0.220 e. The van der Waals surface area contributed by atoms with Gasteiger partial charge in [0.15, 0.2) is 0 Å². The van der Waals surface area contributed by atoms with E-state index in [4.69, 9.17) is 11.6 Å². The summed E-state index contributed by atoms with van der Waals surface area (Å²) in [7, 11) is 0. The number of aryl methyl sites for hydroxylation is 1. The smallest absolute Gasteiger partial charge is 0.220 e. The molecule has 1 amide bonds. The molecule has 0 radical (unpaired) electrons. The first-order valence-electron chi connectivity index (χ1n) is 8.20. The summed E-state index contributed by atoms with van der Waals surface area (Å²) < 4.78 is 0. The summed E-state index contributed by atoms with van der Waals surface area (Å²) in [5.41, 5.74) is 3.47. The molecule has 0 aliphatic carbocycles. The maximum atomic E-state index is 12.2. The van der Waals surface area contributed by atoms with E-state index in [0.717, 1.165) is 23.4 Å². The van der Waals surface area contributed by atoms with E-state index in [9.17, 15) is 4.79 Å². The lowest BCUT2D eigenvalue weighted by Gasteiger charge is -2.14. The minimum atomic E-state index is 0.0849. The van der Waals surface area contributed by atoms with Gasteiger partial charge < -0.3 is 10.3 Å². The fraction of sp³-hybridized carbons (Fsp3) is 0.250. The van der Waals surface area contributed by atoms with Crippen LogP contribution in [0.3, 0.4) is 0 Å². The SMILES string of the molecule is CC(Cc1ccc(Cl)cc1)NC(=O)CCc1c[nH]c2ccccc12. The summed E-state index contributed by atoms with van der Waals surface area (Å²) in [5, 5.41) is 5.00. The van der Waals surface area contributed by atoms with Crippen LogP contribution in [0.2, 0.25) is 5.02 Å². The molecule has 0 saturated carbocycles. The van der Waals surface area contributed by atoms with Crippen LogP contribution in [0.1, 0.15) is 24.5 Å². The molecule has 4 heteroatoms. The number of hydrogen-bond acceptors (Lipinski definition) is 1. The predicted octanol–water partition coefficient (Wildman–Crippen LogP) is 4.50. The molecule has 3 nitrogen and oxygen atoms in total. The fourth-order valence-electron chi connectivity index (χ4n) is 2.96. The van der Waals surface area contributed by atoms with Crippen molar-refractivity contribution >= 4 is 28.4 Å². The second-order valence-corrected chi connectivity index (χ2v) is 6.60. The van der Waals surface area contributed by atoms with E-state index >= 15 is 0 Å². The number of H-pyrrole nitrogens is 1. The van der Waals surface area contributed by atoms with E-state index in [-0.39, 0.29) is 11.9 Å². The van der Waals surface area contributed by atoms with Gasteiger partial charge in [0.2, 0.25) is 5.91 Å². The minimum absolute atomic E-state index is 0.0849. The largest absolute Gasteiger partial charge is 0.361 e. The summed E-state index contributed by atoms with van der Waals surface area (Å²) in [4.78, 5) is 15.4. The van der Waals surface area contributed by atoms with Crippen LogP contribution in [0, 0.1) is 0 Å². The number of aromatic amines is 1. The molecule has 1 aromatic heterocycles. The van der Waals surface area contributed by atoms with Crippen molar-refractivity contribution in [2.45, 2.75) is 32.2 Å². The molecule has 3 aromatic rings. The van der Waals surface area contributed by atoms with Gasteiger partial charge in [-0.05, 0) is 49.1 Å². The molecule has 1 heterocycles. The third kappa shape index (κ3) is 4.18. The van der Waals surface area contributed by atoms with Crippen LogP contribution in [0.25, 0.3) is 10.9 Å². The first-order valence-corrected chi connectivity index (χ1v) is 8.58. The van der Waals surface area contributed by atoms with Gasteiger partial charge in [0, 0.05) is 34.6 Å². The van der Waals surface area contributed by atoms with Crippen molar-refractivity contribution in [2.75, 3.05) is 0 Å². The van der Waals surface area contributed by atoms with E-state index in [1.807, 2.05) is 55.6 Å². The summed E-state index contributed by atoms with van der Waals surface area (Å²) in [6, 6.07) is 16.0. The van der Waals surface area contributed by atoms with E-state index in [2.05, 4.69) is 16.4 Å². The lowest BCUT2D eigenvalue weighted by atomic mass is 10.1. The predicted molar refractivity (Wildman–Crippen MR) is 99.4 cm³/mol. The van der Waals surface area contributed by atoms with Crippen molar-refractivity contribution in [3.05, 3.63) is 70.9 Å². The van der Waals surface area contributed by atoms with Gasteiger partial charge in [0.25, 0.3) is 0 Å². The molecule has 124 valence electrons. The van der Waals surface area contributed by atoms with Gasteiger partial charge >= 0.3 is 0 Å². The Hall–Kier alpha value is -2.26. The Labute approximate surface area is 147 Å². The van der Waals surface area contributed by atoms with Gasteiger partial charge in [-0.1, -0.05) is 41.9 Å². The number of nitrogens with one attached hydrogen (secondary N) is 2. The van der Waals surface area contributed by atoms with Crippen LogP contribution in [0.15, 0.2) is 54.7 Å². The molecule has 1 atom stereocenters. The van der Waals surface area contributed by atoms with Gasteiger partial charge in [-0.25, -0.2) is 0 Å². The number of para-hydroxylation sites is 1.